The Balaban J connectivity index is 1.19. The molecule has 1 fully saturated rings. The fraction of sp³-hybridized carbons (Fsp3) is 0.528. The van der Waals surface area contributed by atoms with Gasteiger partial charge in [-0.15, -0.1) is 0 Å². The number of carbonyl (C=O) groups is 2. The van der Waals surface area contributed by atoms with E-state index < -0.39 is 30.6 Å². The van der Waals surface area contributed by atoms with E-state index in [-0.39, 0.29) is 34.8 Å². The molecule has 0 aromatic carbocycles. The molecule has 0 spiro atoms. The fourth-order valence-corrected chi connectivity index (χ4v) is 5.36. The van der Waals surface area contributed by atoms with Crippen LogP contribution >= 0.6 is 11.6 Å². The molecule has 2 aromatic heterocycles. The molecule has 1 saturated heterocycles. The van der Waals surface area contributed by atoms with E-state index in [9.17, 15) is 19.8 Å². The normalized spacial score (nSPS) is 19.6. The summed E-state index contributed by atoms with van der Waals surface area (Å²) >= 11 is 6.24. The first-order valence-electron chi connectivity index (χ1n) is 17.5. The number of ether oxygens (including phenoxy) is 2. The summed E-state index contributed by atoms with van der Waals surface area (Å²) in [6, 6.07) is 0. The molecule has 280 valence electrons. The van der Waals surface area contributed by atoms with Crippen molar-refractivity contribution in [3.05, 3.63) is 72.4 Å². The van der Waals surface area contributed by atoms with Gasteiger partial charge in [0.25, 0.3) is 0 Å². The zero-order chi connectivity index (χ0) is 36.8. The van der Waals surface area contributed by atoms with Gasteiger partial charge in [0.05, 0.1) is 0 Å². The molecular formula is C36H53ClN8O6. The summed E-state index contributed by atoms with van der Waals surface area (Å²) in [5, 5.41) is 26.6. The van der Waals surface area contributed by atoms with Crippen molar-refractivity contribution < 1.29 is 29.3 Å². The molecule has 2 amide bonds. The number of fused-ring (bicyclic) bond motifs is 1. The predicted octanol–water partition coefficient (Wildman–Crippen LogP) is 4.38. The van der Waals surface area contributed by atoms with Crippen molar-refractivity contribution in [1.82, 2.24) is 35.1 Å². The molecule has 3 rings (SSSR count). The van der Waals surface area contributed by atoms with E-state index in [1.165, 1.54) is 10.9 Å². The second-order valence-electron chi connectivity index (χ2n) is 12.0. The minimum Gasteiger partial charge on any atom is -0.447 e. The van der Waals surface area contributed by atoms with Crippen LogP contribution in [-0.4, -0.2) is 105 Å². The van der Waals surface area contributed by atoms with Crippen LogP contribution < -0.4 is 16.4 Å². The molecule has 4 atom stereocenters. The Labute approximate surface area is 305 Å². The molecule has 0 aliphatic carbocycles. The SMILES string of the molecule is CC/C=C\C/C=C\C/C=C\C/C=C\C/C=C\CCCC(=O)NCCN(C)CCNC(=O)OC[C@H]1OC(n2c(Cl)nc3c(N)ncnc32)[C@H](O)[C@@H]1O. The molecule has 1 aliphatic heterocycles. The summed E-state index contributed by atoms with van der Waals surface area (Å²) in [6.07, 6.45) is 24.3. The lowest BCUT2D eigenvalue weighted by atomic mass is 10.1. The van der Waals surface area contributed by atoms with Gasteiger partial charge >= 0.3 is 6.09 Å². The van der Waals surface area contributed by atoms with Crippen molar-refractivity contribution in [2.75, 3.05) is 45.6 Å². The number of nitrogens with two attached hydrogens (primary N) is 1. The lowest BCUT2D eigenvalue weighted by Gasteiger charge is -2.18. The van der Waals surface area contributed by atoms with Crippen molar-refractivity contribution in [2.24, 2.45) is 0 Å². The number of aliphatic hydroxyl groups excluding tert-OH is 2. The van der Waals surface area contributed by atoms with Gasteiger partial charge in [0.1, 0.15) is 31.2 Å². The number of anilines is 1. The number of aliphatic hydroxyl groups is 2. The third-order valence-electron chi connectivity index (χ3n) is 7.94. The molecule has 0 bridgehead atoms. The predicted molar refractivity (Wildman–Crippen MR) is 199 cm³/mol. The van der Waals surface area contributed by atoms with Gasteiger partial charge in [-0.05, 0) is 63.6 Å². The van der Waals surface area contributed by atoms with E-state index in [4.69, 9.17) is 26.8 Å². The van der Waals surface area contributed by atoms with Crippen LogP contribution in [-0.2, 0) is 14.3 Å². The number of aromatic nitrogens is 4. The zero-order valence-electron chi connectivity index (χ0n) is 29.6. The Morgan fingerprint density at radius 3 is 2.22 bits per heavy atom. The summed E-state index contributed by atoms with van der Waals surface area (Å²) in [4.78, 5) is 38.5. The van der Waals surface area contributed by atoms with Gasteiger partial charge in [0.15, 0.2) is 23.2 Å². The molecule has 3 heterocycles. The van der Waals surface area contributed by atoms with Crippen molar-refractivity contribution in [1.29, 1.82) is 0 Å². The maximum absolute atomic E-state index is 12.3. The van der Waals surface area contributed by atoms with Gasteiger partial charge in [-0.25, -0.2) is 19.7 Å². The second-order valence-corrected chi connectivity index (χ2v) is 12.3. The number of halogens is 1. The van der Waals surface area contributed by atoms with Gasteiger partial charge in [-0.1, -0.05) is 67.7 Å². The molecule has 14 nitrogen and oxygen atoms in total. The third kappa shape index (κ3) is 14.6. The average Bonchev–Trinajstić information content (AvgIpc) is 3.59. The van der Waals surface area contributed by atoms with Crippen molar-refractivity contribution >= 4 is 40.6 Å². The molecule has 51 heavy (non-hydrogen) atoms. The minimum absolute atomic E-state index is 0.0158. The Morgan fingerprint density at radius 2 is 1.57 bits per heavy atom. The molecule has 6 N–H and O–H groups in total. The first-order valence-corrected chi connectivity index (χ1v) is 17.9. The topological polar surface area (TPSA) is 190 Å². The van der Waals surface area contributed by atoms with Crippen LogP contribution in [0.1, 0.15) is 64.5 Å². The van der Waals surface area contributed by atoms with E-state index >= 15 is 0 Å². The zero-order valence-corrected chi connectivity index (χ0v) is 30.3. The number of nitrogens with zero attached hydrogens (tertiary/aromatic N) is 5. The number of amides is 2. The van der Waals surface area contributed by atoms with E-state index in [1.54, 1.807) is 0 Å². The largest absolute Gasteiger partial charge is 0.447 e. The summed E-state index contributed by atoms with van der Waals surface area (Å²) in [6.45, 7) is 3.75. The second kappa shape index (κ2) is 23.4. The van der Waals surface area contributed by atoms with Gasteiger partial charge in [-0.2, -0.15) is 0 Å². The summed E-state index contributed by atoms with van der Waals surface area (Å²) in [5.74, 6) is 0.117. The van der Waals surface area contributed by atoms with Crippen LogP contribution in [0.2, 0.25) is 5.28 Å². The number of alkyl carbamates (subject to hydrolysis) is 1. The lowest BCUT2D eigenvalue weighted by molar-refractivity contribution is -0.121. The standard InChI is InChI=1S/C36H53ClN8O6/c1-3-4-5-6-7-8-9-10-11-12-13-14-15-16-17-18-19-20-28(46)39-21-23-44(2)24-22-40-36(49)50-25-27-30(47)31(48)34(51-27)45-33-29(43-35(45)37)32(38)41-26-42-33/h4-5,7-8,10-11,13-14,16-17,26-27,30-31,34,47-48H,3,6,9,12,15,18-25H2,1-2H3,(H,39,46)(H,40,49)(H2,38,41,42)/b5-4-,8-7-,11-10-,14-13-,17-16-/t27-,30-,31-,34?/m1/s1. The maximum Gasteiger partial charge on any atom is 0.407 e. The van der Waals surface area contributed by atoms with Crippen LogP contribution in [0.5, 0.6) is 0 Å². The Bertz CT molecular complexity index is 1510. The minimum atomic E-state index is -1.40. The highest BCUT2D eigenvalue weighted by Crippen LogP contribution is 2.35. The number of imidazole rings is 1. The number of hydrogen-bond donors (Lipinski definition) is 5. The molecule has 0 saturated carbocycles. The highest BCUT2D eigenvalue weighted by molar-refractivity contribution is 6.29. The molecular weight excluding hydrogens is 676 g/mol. The van der Waals surface area contributed by atoms with Gasteiger partial charge in [0.2, 0.25) is 11.2 Å². The van der Waals surface area contributed by atoms with Crippen molar-refractivity contribution in [3.63, 3.8) is 0 Å². The van der Waals surface area contributed by atoms with E-state index in [2.05, 4.69) is 93.3 Å². The maximum atomic E-state index is 12.3. The number of hydrogen-bond acceptors (Lipinski definition) is 11. The van der Waals surface area contributed by atoms with Crippen LogP contribution in [0.4, 0.5) is 10.6 Å². The van der Waals surface area contributed by atoms with Gasteiger partial charge < -0.3 is 41.0 Å². The summed E-state index contributed by atoms with van der Waals surface area (Å²) in [5.41, 5.74) is 6.29. The highest BCUT2D eigenvalue weighted by atomic mass is 35.5. The van der Waals surface area contributed by atoms with Crippen molar-refractivity contribution in [3.8, 4) is 0 Å². The monoisotopic (exact) mass is 728 g/mol. The average molecular weight is 729 g/mol. The van der Waals surface area contributed by atoms with Gasteiger partial charge in [0, 0.05) is 32.6 Å². The van der Waals surface area contributed by atoms with Crippen molar-refractivity contribution in [2.45, 2.75) is 82.8 Å². The number of unbranched alkanes of at least 4 members (excludes halogenated alkanes) is 1. The Kier molecular flexibility index (Phi) is 19.0. The Hall–Kier alpha value is -4.08. The first-order chi connectivity index (χ1) is 24.7. The lowest BCUT2D eigenvalue weighted by Crippen LogP contribution is -2.39. The first kappa shape index (κ1) is 41.3. The van der Waals surface area contributed by atoms with E-state index in [0.717, 1.165) is 44.9 Å². The molecule has 2 aromatic rings. The highest BCUT2D eigenvalue weighted by Gasteiger charge is 2.45. The van der Waals surface area contributed by atoms with E-state index in [1.807, 2.05) is 11.9 Å². The molecule has 15 heteroatoms. The Morgan fingerprint density at radius 1 is 0.961 bits per heavy atom. The van der Waals surface area contributed by atoms with Crippen LogP contribution in [0.3, 0.4) is 0 Å². The number of allylic oxidation sites excluding steroid dienone is 10. The number of rotatable bonds is 22. The van der Waals surface area contributed by atoms with E-state index in [0.29, 0.717) is 32.6 Å². The third-order valence-corrected chi connectivity index (χ3v) is 8.21. The smallest absolute Gasteiger partial charge is 0.407 e. The number of nitrogens with one attached hydrogen (secondary N) is 2. The molecule has 0 radical (unpaired) electrons. The molecule has 1 aliphatic rings. The quantitative estimate of drug-likeness (QED) is 0.0657. The fourth-order valence-electron chi connectivity index (χ4n) is 5.10. The van der Waals surface area contributed by atoms with Gasteiger partial charge in [-0.3, -0.25) is 9.36 Å². The number of carbonyl (C=O) groups excluding carboxylic acids is 2. The number of nitrogen functional groups attached to an aromatic ring is 1. The summed E-state index contributed by atoms with van der Waals surface area (Å²) < 4.78 is 12.3. The molecule has 1 unspecified atom stereocenters. The number of likely N-dealkylation sites (N-methyl/N-ethyl adjacent to an activating group) is 1. The van der Waals surface area contributed by atoms with Crippen LogP contribution in [0, 0.1) is 0 Å². The summed E-state index contributed by atoms with van der Waals surface area (Å²) in [7, 11) is 1.88. The van der Waals surface area contributed by atoms with Crippen LogP contribution in [0.15, 0.2) is 67.1 Å². The van der Waals surface area contributed by atoms with Crippen LogP contribution in [0.25, 0.3) is 11.2 Å².